The zero-order valence-electron chi connectivity index (χ0n) is 13.6. The van der Waals surface area contributed by atoms with Crippen molar-refractivity contribution in [2.45, 2.75) is 13.5 Å². The van der Waals surface area contributed by atoms with Crippen LogP contribution in [-0.2, 0) is 16.1 Å². The molecule has 2 heterocycles. The van der Waals surface area contributed by atoms with E-state index in [1.165, 1.54) is 10.7 Å². The predicted octanol–water partition coefficient (Wildman–Crippen LogP) is 0.582. The van der Waals surface area contributed by atoms with E-state index in [-0.39, 0.29) is 18.0 Å². The zero-order chi connectivity index (χ0) is 16.9. The fourth-order valence-electron chi connectivity index (χ4n) is 2.46. The molecule has 1 aliphatic rings. The zero-order valence-corrected chi connectivity index (χ0v) is 13.6. The number of aryl methyl sites for hydroxylation is 1. The molecular formula is C17H20N4O3. The molecule has 1 N–H and O–H groups in total. The number of rotatable bonds is 4. The summed E-state index contributed by atoms with van der Waals surface area (Å²) in [6.07, 6.45) is 0. The number of ether oxygens (including phenoxy) is 1. The molecule has 24 heavy (non-hydrogen) atoms. The van der Waals surface area contributed by atoms with E-state index >= 15 is 0 Å². The van der Waals surface area contributed by atoms with Crippen molar-refractivity contribution in [3.8, 4) is 11.3 Å². The van der Waals surface area contributed by atoms with E-state index in [9.17, 15) is 9.59 Å². The van der Waals surface area contributed by atoms with Gasteiger partial charge in [0.25, 0.3) is 11.5 Å². The first-order valence-corrected chi connectivity index (χ1v) is 7.89. The highest BCUT2D eigenvalue weighted by molar-refractivity contribution is 5.75. The summed E-state index contributed by atoms with van der Waals surface area (Å²) in [4.78, 5) is 24.1. The third-order valence-corrected chi connectivity index (χ3v) is 3.80. The number of benzene rings is 1. The van der Waals surface area contributed by atoms with Gasteiger partial charge in [-0.25, -0.2) is 9.69 Å². The monoisotopic (exact) mass is 328 g/mol. The number of nitrogens with one attached hydrogen (secondary N) is 1. The van der Waals surface area contributed by atoms with Crippen molar-refractivity contribution in [2.75, 3.05) is 26.3 Å². The van der Waals surface area contributed by atoms with Gasteiger partial charge in [0.1, 0.15) is 6.54 Å². The van der Waals surface area contributed by atoms with Crippen molar-refractivity contribution < 1.29 is 9.53 Å². The summed E-state index contributed by atoms with van der Waals surface area (Å²) >= 11 is 0. The third kappa shape index (κ3) is 4.06. The maximum Gasteiger partial charge on any atom is 0.267 e. The predicted molar refractivity (Wildman–Crippen MR) is 89.2 cm³/mol. The summed E-state index contributed by atoms with van der Waals surface area (Å²) in [6, 6.07) is 11.0. The first-order valence-electron chi connectivity index (χ1n) is 7.89. The molecule has 0 bridgehead atoms. The van der Waals surface area contributed by atoms with E-state index in [0.29, 0.717) is 32.0 Å². The van der Waals surface area contributed by atoms with Crippen molar-refractivity contribution in [3.63, 3.8) is 0 Å². The maximum absolute atomic E-state index is 12.1. The molecular weight excluding hydrogens is 308 g/mol. The summed E-state index contributed by atoms with van der Waals surface area (Å²) < 4.78 is 6.42. The average Bonchev–Trinajstić information content (AvgIpc) is 2.58. The first-order chi connectivity index (χ1) is 11.6. The molecule has 0 saturated carbocycles. The van der Waals surface area contributed by atoms with Gasteiger partial charge in [0.05, 0.1) is 18.9 Å². The Labute approximate surface area is 139 Å². The highest BCUT2D eigenvalue weighted by Crippen LogP contribution is 2.15. The molecule has 0 radical (unpaired) electrons. The first kappa shape index (κ1) is 16.4. The molecule has 0 atom stereocenters. The minimum Gasteiger partial charge on any atom is -0.379 e. The molecule has 0 aliphatic carbocycles. The molecule has 1 fully saturated rings. The minimum absolute atomic E-state index is 0.115. The van der Waals surface area contributed by atoms with Gasteiger partial charge in [-0.05, 0) is 13.0 Å². The van der Waals surface area contributed by atoms with Crippen LogP contribution in [0.2, 0.25) is 0 Å². The summed E-state index contributed by atoms with van der Waals surface area (Å²) in [5.41, 5.74) is 5.19. The molecule has 0 spiro atoms. The number of hydrazine groups is 1. The number of morpholine rings is 1. The van der Waals surface area contributed by atoms with E-state index < -0.39 is 0 Å². The topological polar surface area (TPSA) is 76.5 Å². The highest BCUT2D eigenvalue weighted by atomic mass is 16.5. The molecule has 1 aliphatic heterocycles. The summed E-state index contributed by atoms with van der Waals surface area (Å²) in [6.45, 7) is 4.34. The van der Waals surface area contributed by atoms with Crippen LogP contribution in [0.4, 0.5) is 0 Å². The Balaban J connectivity index is 1.72. The highest BCUT2D eigenvalue weighted by Gasteiger charge is 2.14. The number of amides is 1. The van der Waals surface area contributed by atoms with Crippen LogP contribution in [0.5, 0.6) is 0 Å². The number of carbonyl (C=O) groups is 1. The van der Waals surface area contributed by atoms with Gasteiger partial charge in [0, 0.05) is 24.7 Å². The standard InChI is InChI=1S/C17H20N4O3/c1-13-2-4-14(5-3-13)15-6-7-17(23)21(18-15)12-16(22)19-20-8-10-24-11-9-20/h2-7H,8-12H2,1H3,(H,19,22). The van der Waals surface area contributed by atoms with Crippen molar-refractivity contribution in [3.05, 3.63) is 52.3 Å². The fourth-order valence-corrected chi connectivity index (χ4v) is 2.46. The second kappa shape index (κ2) is 7.37. The van der Waals surface area contributed by atoms with Gasteiger partial charge in [-0.15, -0.1) is 0 Å². The Kier molecular flexibility index (Phi) is 5.02. The average molecular weight is 328 g/mol. The SMILES string of the molecule is Cc1ccc(-c2ccc(=O)n(CC(=O)NN3CCOCC3)n2)cc1. The maximum atomic E-state index is 12.1. The van der Waals surface area contributed by atoms with E-state index in [1.807, 2.05) is 31.2 Å². The molecule has 0 unspecified atom stereocenters. The third-order valence-electron chi connectivity index (χ3n) is 3.80. The molecule has 1 aromatic carbocycles. The van der Waals surface area contributed by atoms with Crippen molar-refractivity contribution in [1.29, 1.82) is 0 Å². The largest absolute Gasteiger partial charge is 0.379 e. The lowest BCUT2D eigenvalue weighted by molar-refractivity contribution is -0.128. The normalized spacial score (nSPS) is 15.2. The lowest BCUT2D eigenvalue weighted by Gasteiger charge is -2.26. The molecule has 2 aromatic rings. The van der Waals surface area contributed by atoms with Crippen molar-refractivity contribution >= 4 is 5.91 Å². The Morgan fingerprint density at radius 2 is 1.88 bits per heavy atom. The van der Waals surface area contributed by atoms with Gasteiger partial charge >= 0.3 is 0 Å². The van der Waals surface area contributed by atoms with Crippen LogP contribution in [-0.4, -0.2) is 47.0 Å². The van der Waals surface area contributed by atoms with Crippen LogP contribution >= 0.6 is 0 Å². The lowest BCUT2D eigenvalue weighted by Crippen LogP contribution is -2.49. The molecule has 1 aromatic heterocycles. The van der Waals surface area contributed by atoms with E-state index in [0.717, 1.165) is 11.1 Å². The molecule has 1 amide bonds. The second-order valence-electron chi connectivity index (χ2n) is 5.71. The number of hydrogen-bond acceptors (Lipinski definition) is 5. The van der Waals surface area contributed by atoms with Crippen LogP contribution in [0, 0.1) is 6.92 Å². The Morgan fingerprint density at radius 3 is 2.58 bits per heavy atom. The Hall–Kier alpha value is -2.51. The summed E-state index contributed by atoms with van der Waals surface area (Å²) in [5, 5.41) is 6.10. The minimum atomic E-state index is -0.303. The van der Waals surface area contributed by atoms with Gasteiger partial charge < -0.3 is 4.74 Å². The molecule has 3 rings (SSSR count). The number of hydrogen-bond donors (Lipinski definition) is 1. The summed E-state index contributed by atoms with van der Waals surface area (Å²) in [5.74, 6) is -0.271. The van der Waals surface area contributed by atoms with Gasteiger partial charge in [-0.2, -0.15) is 5.10 Å². The fraction of sp³-hybridized carbons (Fsp3) is 0.353. The lowest BCUT2D eigenvalue weighted by atomic mass is 10.1. The number of nitrogens with zero attached hydrogens (tertiary/aromatic N) is 3. The van der Waals surface area contributed by atoms with Gasteiger partial charge in [0.15, 0.2) is 0 Å². The van der Waals surface area contributed by atoms with Crippen molar-refractivity contribution in [1.82, 2.24) is 20.2 Å². The molecule has 7 nitrogen and oxygen atoms in total. The Morgan fingerprint density at radius 1 is 1.17 bits per heavy atom. The van der Waals surface area contributed by atoms with Gasteiger partial charge in [-0.3, -0.25) is 15.0 Å². The van der Waals surface area contributed by atoms with E-state index in [2.05, 4.69) is 10.5 Å². The second-order valence-corrected chi connectivity index (χ2v) is 5.71. The van der Waals surface area contributed by atoms with Crippen LogP contribution in [0.1, 0.15) is 5.56 Å². The van der Waals surface area contributed by atoms with E-state index in [1.54, 1.807) is 11.1 Å². The van der Waals surface area contributed by atoms with Crippen LogP contribution in [0.3, 0.4) is 0 Å². The van der Waals surface area contributed by atoms with Gasteiger partial charge in [0.2, 0.25) is 0 Å². The summed E-state index contributed by atoms with van der Waals surface area (Å²) in [7, 11) is 0. The molecule has 1 saturated heterocycles. The van der Waals surface area contributed by atoms with E-state index in [4.69, 9.17) is 4.74 Å². The number of aromatic nitrogens is 2. The van der Waals surface area contributed by atoms with Gasteiger partial charge in [-0.1, -0.05) is 29.8 Å². The van der Waals surface area contributed by atoms with Crippen LogP contribution in [0.25, 0.3) is 11.3 Å². The van der Waals surface area contributed by atoms with Crippen LogP contribution < -0.4 is 11.0 Å². The Bertz CT molecular complexity index is 764. The van der Waals surface area contributed by atoms with Crippen LogP contribution in [0.15, 0.2) is 41.2 Å². The molecule has 126 valence electrons. The van der Waals surface area contributed by atoms with Crippen molar-refractivity contribution in [2.24, 2.45) is 0 Å². The smallest absolute Gasteiger partial charge is 0.267 e. The number of carbonyl (C=O) groups excluding carboxylic acids is 1. The quantitative estimate of drug-likeness (QED) is 0.888. The molecule has 7 heteroatoms.